The average molecular weight is 398 g/mol. The Labute approximate surface area is 177 Å². The van der Waals surface area contributed by atoms with E-state index in [1.807, 2.05) is 40.9 Å². The Balaban J connectivity index is 1.76. The van der Waals surface area contributed by atoms with Crippen LogP contribution in [0.2, 0.25) is 0 Å². The zero-order valence-corrected chi connectivity index (χ0v) is 17.8. The molecule has 0 bridgehead atoms. The molecule has 0 fully saturated rings. The molecule has 0 N–H and O–H groups in total. The van der Waals surface area contributed by atoms with E-state index >= 15 is 0 Å². The normalized spacial score (nSPS) is 12.1. The van der Waals surface area contributed by atoms with Crippen molar-refractivity contribution < 1.29 is 9.53 Å². The fraction of sp³-hybridized carbons (Fsp3) is 0.222. The lowest BCUT2D eigenvalue weighted by Gasteiger charge is -2.17. The van der Waals surface area contributed by atoms with E-state index in [-0.39, 0.29) is 0 Å². The van der Waals surface area contributed by atoms with Crippen molar-refractivity contribution in [3.63, 3.8) is 0 Å². The van der Waals surface area contributed by atoms with E-state index in [2.05, 4.69) is 57.2 Å². The van der Waals surface area contributed by atoms with E-state index in [4.69, 9.17) is 4.74 Å². The highest BCUT2D eigenvalue weighted by Gasteiger charge is 2.17. The summed E-state index contributed by atoms with van der Waals surface area (Å²) in [6.07, 6.45) is 3.91. The van der Waals surface area contributed by atoms with E-state index in [0.717, 1.165) is 46.2 Å². The van der Waals surface area contributed by atoms with E-state index in [9.17, 15) is 4.79 Å². The first-order valence-corrected chi connectivity index (χ1v) is 10.5. The van der Waals surface area contributed by atoms with Crippen LogP contribution in [0.15, 0.2) is 72.9 Å². The van der Waals surface area contributed by atoms with Crippen molar-refractivity contribution >= 4 is 11.8 Å². The molecule has 1 unspecified atom stereocenters. The second kappa shape index (κ2) is 8.58. The highest BCUT2D eigenvalue weighted by atomic mass is 16.5. The Morgan fingerprint density at radius 1 is 1.03 bits per heavy atom. The van der Waals surface area contributed by atoms with Gasteiger partial charge in [-0.15, -0.1) is 0 Å². The van der Waals surface area contributed by atoms with Crippen molar-refractivity contribution in [1.82, 2.24) is 4.40 Å². The summed E-state index contributed by atoms with van der Waals surface area (Å²) in [6, 6.07) is 22.7. The summed E-state index contributed by atoms with van der Waals surface area (Å²) in [4.78, 5) is 11.9. The van der Waals surface area contributed by atoms with Crippen molar-refractivity contribution in [2.45, 2.75) is 39.7 Å². The monoisotopic (exact) mass is 397 g/mol. The van der Waals surface area contributed by atoms with Crippen LogP contribution in [0.4, 0.5) is 0 Å². The number of carbonyl (C=O) groups excluding carboxylic acids is 1. The van der Waals surface area contributed by atoms with Crippen LogP contribution in [0.3, 0.4) is 0 Å². The van der Waals surface area contributed by atoms with Crippen molar-refractivity contribution in [3.8, 4) is 16.9 Å². The molecule has 1 atom stereocenters. The number of aldehydes is 1. The van der Waals surface area contributed by atoms with Crippen LogP contribution in [0.1, 0.15) is 53.4 Å². The molecule has 0 radical (unpaired) electrons. The zero-order chi connectivity index (χ0) is 21.1. The van der Waals surface area contributed by atoms with E-state index in [1.54, 1.807) is 0 Å². The van der Waals surface area contributed by atoms with Crippen molar-refractivity contribution in [3.05, 3.63) is 95.3 Å². The largest absolute Gasteiger partial charge is 0.489 e. The Hall–Kier alpha value is -3.33. The summed E-state index contributed by atoms with van der Waals surface area (Å²) in [7, 11) is 0. The number of hydrogen-bond acceptors (Lipinski definition) is 2. The molecule has 0 amide bonds. The molecule has 152 valence electrons. The fourth-order valence-corrected chi connectivity index (χ4v) is 3.90. The molecule has 30 heavy (non-hydrogen) atoms. The minimum absolute atomic E-state index is 0.356. The number of pyridine rings is 1. The minimum atomic E-state index is 0.356. The summed E-state index contributed by atoms with van der Waals surface area (Å²) in [5, 5.41) is 0. The van der Waals surface area contributed by atoms with Crippen LogP contribution >= 0.6 is 0 Å². The Morgan fingerprint density at radius 3 is 2.57 bits per heavy atom. The Morgan fingerprint density at radius 2 is 1.83 bits per heavy atom. The molecule has 0 aliphatic carbocycles. The Bertz CT molecular complexity index is 1170. The quantitative estimate of drug-likeness (QED) is 0.320. The first-order chi connectivity index (χ1) is 14.6. The summed E-state index contributed by atoms with van der Waals surface area (Å²) in [6.45, 7) is 7.01. The Kier molecular flexibility index (Phi) is 5.71. The van der Waals surface area contributed by atoms with Crippen molar-refractivity contribution in [2.24, 2.45) is 0 Å². The fourth-order valence-electron chi connectivity index (χ4n) is 3.90. The summed E-state index contributed by atoms with van der Waals surface area (Å²) in [5.41, 5.74) is 7.22. The molecule has 4 rings (SSSR count). The number of hydrogen-bond donors (Lipinski definition) is 0. The lowest BCUT2D eigenvalue weighted by Crippen LogP contribution is -2.02. The first kappa shape index (κ1) is 20.0. The molecule has 3 nitrogen and oxygen atoms in total. The van der Waals surface area contributed by atoms with Gasteiger partial charge >= 0.3 is 0 Å². The first-order valence-electron chi connectivity index (χ1n) is 10.5. The van der Waals surface area contributed by atoms with Crippen LogP contribution in [0.5, 0.6) is 5.75 Å². The van der Waals surface area contributed by atoms with Gasteiger partial charge in [-0.3, -0.25) is 4.79 Å². The van der Waals surface area contributed by atoms with Gasteiger partial charge in [-0.25, -0.2) is 0 Å². The van der Waals surface area contributed by atoms with Gasteiger partial charge in [-0.05, 0) is 65.8 Å². The summed E-state index contributed by atoms with van der Waals surface area (Å²) in [5.74, 6) is 1.26. The maximum absolute atomic E-state index is 11.9. The molecular formula is C27H27NO2. The van der Waals surface area contributed by atoms with Gasteiger partial charge in [0.25, 0.3) is 0 Å². The van der Waals surface area contributed by atoms with Crippen LogP contribution < -0.4 is 4.74 Å². The number of aryl methyl sites for hydroxylation is 1. The standard InChI is InChI=1S/C27H27NO2/c1-4-19(2)23-15-22(12-13-27(23)30-18-21-10-6-5-7-11-21)24-16-25-20(3)9-8-14-28(25)26(24)17-29/h5-17,19H,4,18H2,1-3H3. The van der Waals surface area contributed by atoms with Crippen molar-refractivity contribution in [1.29, 1.82) is 0 Å². The van der Waals surface area contributed by atoms with Gasteiger partial charge in [0.2, 0.25) is 0 Å². The highest BCUT2D eigenvalue weighted by molar-refractivity contribution is 5.90. The molecule has 0 saturated carbocycles. The number of rotatable bonds is 7. The number of ether oxygens (including phenoxy) is 1. The zero-order valence-electron chi connectivity index (χ0n) is 17.8. The highest BCUT2D eigenvalue weighted by Crippen LogP contribution is 2.36. The lowest BCUT2D eigenvalue weighted by molar-refractivity contribution is 0.111. The van der Waals surface area contributed by atoms with E-state index in [1.165, 1.54) is 5.56 Å². The van der Waals surface area contributed by atoms with Gasteiger partial charge in [0, 0.05) is 17.3 Å². The SMILES string of the molecule is CCC(C)c1cc(-c2cc3c(C)cccn3c2C=O)ccc1OCc1ccccc1. The maximum Gasteiger partial charge on any atom is 0.167 e. The van der Waals surface area contributed by atoms with Crippen LogP contribution in [-0.4, -0.2) is 10.7 Å². The van der Waals surface area contributed by atoms with Crippen LogP contribution in [-0.2, 0) is 6.61 Å². The molecule has 0 saturated heterocycles. The third-order valence-corrected chi connectivity index (χ3v) is 5.87. The smallest absolute Gasteiger partial charge is 0.167 e. The molecule has 2 aromatic heterocycles. The third kappa shape index (κ3) is 3.76. The maximum atomic E-state index is 11.9. The molecule has 2 aromatic carbocycles. The van der Waals surface area contributed by atoms with Crippen molar-refractivity contribution in [2.75, 3.05) is 0 Å². The molecule has 2 heterocycles. The van der Waals surface area contributed by atoms with Crippen LogP contribution in [0, 0.1) is 6.92 Å². The predicted octanol–water partition coefficient (Wildman–Crippen LogP) is 6.82. The summed E-state index contributed by atoms with van der Waals surface area (Å²) >= 11 is 0. The lowest BCUT2D eigenvalue weighted by atomic mass is 9.93. The van der Waals surface area contributed by atoms with Gasteiger partial charge in [0.05, 0.1) is 5.69 Å². The molecule has 0 aliphatic rings. The summed E-state index contributed by atoms with van der Waals surface area (Å²) < 4.78 is 8.17. The van der Waals surface area contributed by atoms with Gasteiger partial charge in [-0.1, -0.05) is 56.3 Å². The molecular weight excluding hydrogens is 370 g/mol. The van der Waals surface area contributed by atoms with Gasteiger partial charge < -0.3 is 9.14 Å². The van der Waals surface area contributed by atoms with Gasteiger partial charge in [0.1, 0.15) is 12.4 Å². The number of nitrogens with zero attached hydrogens (tertiary/aromatic N) is 1. The number of benzene rings is 2. The predicted molar refractivity (Wildman–Crippen MR) is 122 cm³/mol. The van der Waals surface area contributed by atoms with Gasteiger partial charge in [0.15, 0.2) is 6.29 Å². The second-order valence-corrected chi connectivity index (χ2v) is 7.84. The van der Waals surface area contributed by atoms with Crippen LogP contribution in [0.25, 0.3) is 16.6 Å². The third-order valence-electron chi connectivity index (χ3n) is 5.87. The molecule has 0 aliphatic heterocycles. The number of carbonyl (C=O) groups is 1. The van der Waals surface area contributed by atoms with E-state index < -0.39 is 0 Å². The van der Waals surface area contributed by atoms with E-state index in [0.29, 0.717) is 18.2 Å². The van der Waals surface area contributed by atoms with Gasteiger partial charge in [-0.2, -0.15) is 0 Å². The second-order valence-electron chi connectivity index (χ2n) is 7.84. The number of fused-ring (bicyclic) bond motifs is 1. The molecule has 3 heteroatoms. The molecule has 0 spiro atoms. The average Bonchev–Trinajstić information content (AvgIpc) is 3.17. The minimum Gasteiger partial charge on any atom is -0.489 e. The molecule has 4 aromatic rings. The topological polar surface area (TPSA) is 30.7 Å². The number of aromatic nitrogens is 1.